The first-order valence-corrected chi connectivity index (χ1v) is 11.4. The van der Waals surface area contributed by atoms with E-state index in [2.05, 4.69) is 21.8 Å². The Morgan fingerprint density at radius 1 is 1.06 bits per heavy atom. The highest BCUT2D eigenvalue weighted by atomic mass is 35.5. The molecular weight excluding hydrogens is 434 g/mol. The smallest absolute Gasteiger partial charge is 0.251 e. The maximum Gasteiger partial charge on any atom is 0.251 e. The number of halogens is 1. The number of nitrogens with one attached hydrogen (secondary N) is 1. The Morgan fingerprint density at radius 3 is 2.55 bits per heavy atom. The SMILES string of the molecule is CCCc1c(C(C)=O)c2ccc(C(=O)NCc3ccccn3)cc2n1Cc1ccccc1Cl. The normalized spacial score (nSPS) is 11.0. The van der Waals surface area contributed by atoms with Gasteiger partial charge in [-0.15, -0.1) is 0 Å². The van der Waals surface area contributed by atoms with Gasteiger partial charge in [0.05, 0.1) is 17.8 Å². The number of nitrogens with zero attached hydrogens (tertiary/aromatic N) is 2. The third-order valence-electron chi connectivity index (χ3n) is 5.72. The fraction of sp³-hybridized carbons (Fsp3) is 0.222. The van der Waals surface area contributed by atoms with Gasteiger partial charge in [0, 0.05) is 40.0 Å². The van der Waals surface area contributed by atoms with Crippen molar-refractivity contribution in [3.8, 4) is 0 Å². The van der Waals surface area contributed by atoms with Crippen LogP contribution in [0.3, 0.4) is 0 Å². The first kappa shape index (κ1) is 22.7. The summed E-state index contributed by atoms with van der Waals surface area (Å²) in [5.41, 5.74) is 4.85. The molecule has 4 rings (SSSR count). The number of ketones is 1. The zero-order valence-electron chi connectivity index (χ0n) is 18.8. The van der Waals surface area contributed by atoms with Crippen LogP contribution in [-0.2, 0) is 19.5 Å². The molecule has 0 aliphatic heterocycles. The number of benzene rings is 2. The van der Waals surface area contributed by atoms with Crippen molar-refractivity contribution >= 4 is 34.2 Å². The Kier molecular flexibility index (Phi) is 6.90. The Hall–Kier alpha value is -3.44. The molecule has 0 fully saturated rings. The van der Waals surface area contributed by atoms with Crippen molar-refractivity contribution in [2.24, 2.45) is 0 Å². The monoisotopic (exact) mass is 459 g/mol. The van der Waals surface area contributed by atoms with Crippen molar-refractivity contribution in [1.82, 2.24) is 14.9 Å². The third-order valence-corrected chi connectivity index (χ3v) is 6.08. The van der Waals surface area contributed by atoms with Crippen LogP contribution in [0, 0.1) is 0 Å². The molecule has 0 atom stereocenters. The Balaban J connectivity index is 1.77. The fourth-order valence-electron chi connectivity index (χ4n) is 4.19. The largest absolute Gasteiger partial charge is 0.346 e. The van der Waals surface area contributed by atoms with E-state index in [1.54, 1.807) is 19.2 Å². The summed E-state index contributed by atoms with van der Waals surface area (Å²) in [7, 11) is 0. The van der Waals surface area contributed by atoms with Gasteiger partial charge < -0.3 is 9.88 Å². The highest BCUT2D eigenvalue weighted by Crippen LogP contribution is 2.31. The van der Waals surface area contributed by atoms with E-state index in [0.717, 1.165) is 46.3 Å². The van der Waals surface area contributed by atoms with E-state index in [1.165, 1.54) is 0 Å². The zero-order chi connectivity index (χ0) is 23.4. The van der Waals surface area contributed by atoms with E-state index in [-0.39, 0.29) is 11.7 Å². The minimum atomic E-state index is -0.186. The molecule has 0 bridgehead atoms. The van der Waals surface area contributed by atoms with Gasteiger partial charge in [-0.25, -0.2) is 0 Å². The summed E-state index contributed by atoms with van der Waals surface area (Å²) in [6.07, 6.45) is 3.36. The van der Waals surface area contributed by atoms with E-state index in [0.29, 0.717) is 23.7 Å². The molecule has 1 amide bonds. The highest BCUT2D eigenvalue weighted by molar-refractivity contribution is 6.31. The molecule has 0 radical (unpaired) electrons. The lowest BCUT2D eigenvalue weighted by atomic mass is 10.0. The molecule has 2 aromatic heterocycles. The molecule has 2 heterocycles. The average molecular weight is 460 g/mol. The summed E-state index contributed by atoms with van der Waals surface area (Å²) >= 11 is 6.45. The molecule has 168 valence electrons. The van der Waals surface area contributed by atoms with Gasteiger partial charge in [0.15, 0.2) is 5.78 Å². The summed E-state index contributed by atoms with van der Waals surface area (Å²) in [6, 6.07) is 18.8. The number of fused-ring (bicyclic) bond motifs is 1. The maximum absolute atomic E-state index is 12.9. The summed E-state index contributed by atoms with van der Waals surface area (Å²) in [6.45, 7) is 4.56. The van der Waals surface area contributed by atoms with Crippen molar-refractivity contribution < 1.29 is 9.59 Å². The third kappa shape index (κ3) is 4.83. The van der Waals surface area contributed by atoms with Gasteiger partial charge in [0.1, 0.15) is 0 Å². The second kappa shape index (κ2) is 10.0. The quantitative estimate of drug-likeness (QED) is 0.337. The molecule has 6 heteroatoms. The molecule has 0 aliphatic carbocycles. The van der Waals surface area contributed by atoms with E-state index < -0.39 is 0 Å². The van der Waals surface area contributed by atoms with Crippen LogP contribution in [0.15, 0.2) is 66.9 Å². The van der Waals surface area contributed by atoms with E-state index in [4.69, 9.17) is 11.6 Å². The standard InChI is InChI=1S/C27H26ClN3O2/c1-3-8-24-26(18(2)32)22-13-12-19(27(33)30-16-21-10-6-7-14-29-21)15-25(22)31(24)17-20-9-4-5-11-23(20)28/h4-7,9-15H,3,8,16-17H2,1-2H3,(H,30,33). The summed E-state index contributed by atoms with van der Waals surface area (Å²) < 4.78 is 2.13. The molecule has 0 saturated carbocycles. The Bertz CT molecular complexity index is 1310. The lowest BCUT2D eigenvalue weighted by Crippen LogP contribution is -2.23. The van der Waals surface area contributed by atoms with Crippen LogP contribution in [0.4, 0.5) is 0 Å². The average Bonchev–Trinajstić information content (AvgIpc) is 3.12. The van der Waals surface area contributed by atoms with Crippen LogP contribution in [0.5, 0.6) is 0 Å². The fourth-order valence-corrected chi connectivity index (χ4v) is 4.38. The predicted molar refractivity (Wildman–Crippen MR) is 132 cm³/mol. The van der Waals surface area contributed by atoms with Crippen LogP contribution < -0.4 is 5.32 Å². The highest BCUT2D eigenvalue weighted by Gasteiger charge is 2.21. The predicted octanol–water partition coefficient (Wildman–Crippen LogP) is 5.82. The molecule has 0 saturated heterocycles. The van der Waals surface area contributed by atoms with Crippen LogP contribution in [-0.4, -0.2) is 21.2 Å². The van der Waals surface area contributed by atoms with Crippen LogP contribution >= 0.6 is 11.6 Å². The zero-order valence-corrected chi connectivity index (χ0v) is 19.5. The molecule has 0 aliphatic rings. The summed E-state index contributed by atoms with van der Waals surface area (Å²) in [5, 5.41) is 4.47. The molecule has 2 aromatic carbocycles. The topological polar surface area (TPSA) is 64.0 Å². The lowest BCUT2D eigenvalue weighted by Gasteiger charge is -2.13. The van der Waals surface area contributed by atoms with E-state index in [9.17, 15) is 9.59 Å². The first-order valence-electron chi connectivity index (χ1n) is 11.1. The van der Waals surface area contributed by atoms with Gasteiger partial charge >= 0.3 is 0 Å². The molecule has 5 nitrogen and oxygen atoms in total. The number of hydrogen-bond donors (Lipinski definition) is 1. The molecule has 4 aromatic rings. The van der Waals surface area contributed by atoms with E-state index >= 15 is 0 Å². The van der Waals surface area contributed by atoms with Crippen molar-refractivity contribution in [3.63, 3.8) is 0 Å². The van der Waals surface area contributed by atoms with E-state index in [1.807, 2.05) is 54.6 Å². The number of rotatable bonds is 8. The lowest BCUT2D eigenvalue weighted by molar-refractivity contribution is 0.0949. The molecule has 1 N–H and O–H groups in total. The first-order chi connectivity index (χ1) is 16.0. The molecular formula is C27H26ClN3O2. The van der Waals surface area contributed by atoms with Crippen molar-refractivity contribution in [2.45, 2.75) is 39.8 Å². The molecule has 0 spiro atoms. The maximum atomic E-state index is 12.9. The van der Waals surface area contributed by atoms with Gasteiger partial charge in [0.25, 0.3) is 5.91 Å². The van der Waals surface area contributed by atoms with Gasteiger partial charge in [0.2, 0.25) is 0 Å². The van der Waals surface area contributed by atoms with Gasteiger partial charge in [-0.05, 0) is 49.2 Å². The summed E-state index contributed by atoms with van der Waals surface area (Å²) in [4.78, 5) is 29.8. The summed E-state index contributed by atoms with van der Waals surface area (Å²) in [5.74, 6) is -0.164. The van der Waals surface area contributed by atoms with Gasteiger partial charge in [-0.1, -0.05) is 55.3 Å². The van der Waals surface area contributed by atoms with Gasteiger partial charge in [-0.2, -0.15) is 0 Å². The Labute approximate surface area is 198 Å². The van der Waals surface area contributed by atoms with Crippen molar-refractivity contribution in [3.05, 3.63) is 100.0 Å². The van der Waals surface area contributed by atoms with Gasteiger partial charge in [-0.3, -0.25) is 14.6 Å². The second-order valence-corrected chi connectivity index (χ2v) is 8.45. The number of Topliss-reactive ketones (excluding diaryl/α,β-unsaturated/α-hetero) is 1. The van der Waals surface area contributed by atoms with Crippen molar-refractivity contribution in [2.75, 3.05) is 0 Å². The number of hydrogen-bond acceptors (Lipinski definition) is 3. The minimum Gasteiger partial charge on any atom is -0.346 e. The number of amides is 1. The van der Waals surface area contributed by atoms with Crippen LogP contribution in [0.25, 0.3) is 10.9 Å². The molecule has 0 unspecified atom stereocenters. The number of pyridine rings is 1. The minimum absolute atomic E-state index is 0.0220. The van der Waals surface area contributed by atoms with Crippen LogP contribution in [0.1, 0.15) is 57.9 Å². The Morgan fingerprint density at radius 2 is 1.85 bits per heavy atom. The number of aromatic nitrogens is 2. The number of carbonyl (C=O) groups is 2. The van der Waals surface area contributed by atoms with Crippen molar-refractivity contribution in [1.29, 1.82) is 0 Å². The number of carbonyl (C=O) groups excluding carboxylic acids is 2. The van der Waals surface area contributed by atoms with Crippen LogP contribution in [0.2, 0.25) is 5.02 Å². The molecule has 33 heavy (non-hydrogen) atoms. The second-order valence-electron chi connectivity index (χ2n) is 8.04.